The van der Waals surface area contributed by atoms with Crippen LogP contribution in [0.1, 0.15) is 26.2 Å². The molecular weight excluding hydrogens is 274 g/mol. The monoisotopic (exact) mass is 291 g/mol. The van der Waals surface area contributed by atoms with Crippen molar-refractivity contribution in [3.05, 3.63) is 17.5 Å². The highest BCUT2D eigenvalue weighted by atomic mass is 32.1. The van der Waals surface area contributed by atoms with Gasteiger partial charge in [-0.1, -0.05) is 13.0 Å². The molecule has 0 aliphatic heterocycles. The molecule has 1 fully saturated rings. The van der Waals surface area contributed by atoms with Crippen LogP contribution in [0.5, 0.6) is 0 Å². The normalized spacial score (nSPS) is 22.1. The van der Waals surface area contributed by atoms with E-state index in [1.165, 1.54) is 11.2 Å². The van der Waals surface area contributed by atoms with E-state index in [1.54, 1.807) is 11.3 Å². The Labute approximate surface area is 121 Å². The van der Waals surface area contributed by atoms with Crippen LogP contribution >= 0.6 is 11.3 Å². The maximum atomic E-state index is 11.9. The highest BCUT2D eigenvalue weighted by Crippen LogP contribution is 2.24. The smallest absolute Gasteiger partial charge is 0.243 e. The van der Waals surface area contributed by atoms with Gasteiger partial charge >= 0.3 is 0 Å². The molecule has 2 atom stereocenters. The average Bonchev–Trinajstić information content (AvgIpc) is 3.10. The fourth-order valence-electron chi connectivity index (χ4n) is 2.55. The lowest BCUT2D eigenvalue weighted by molar-refractivity contribution is -0.122. The summed E-state index contributed by atoms with van der Waals surface area (Å²) in [5.41, 5.74) is 0. The third-order valence-corrected chi connectivity index (χ3v) is 4.41. The number of hydrogen-bond donors (Lipinski definition) is 1. The predicted octanol–water partition coefficient (Wildman–Crippen LogP) is 1.71. The zero-order chi connectivity index (χ0) is 13.9. The van der Waals surface area contributed by atoms with Gasteiger partial charge in [0.25, 0.3) is 0 Å². The Bertz CT molecular complexity index is 579. The van der Waals surface area contributed by atoms with Crippen molar-refractivity contribution in [3.63, 3.8) is 0 Å². The summed E-state index contributed by atoms with van der Waals surface area (Å²) in [6.07, 6.45) is 3.32. The third-order valence-electron chi connectivity index (χ3n) is 3.54. The van der Waals surface area contributed by atoms with E-state index in [0.29, 0.717) is 17.8 Å². The quantitative estimate of drug-likeness (QED) is 0.930. The second-order valence-electron chi connectivity index (χ2n) is 5.30. The van der Waals surface area contributed by atoms with E-state index < -0.39 is 0 Å². The first-order valence-electron chi connectivity index (χ1n) is 6.82. The Balaban J connectivity index is 1.56. The standard InChI is InChI=1S/C13H17N5OS/c1-9-4-5-10(7-9)14-12(19)8-18-16-13(15-17-18)11-3-2-6-20-11/h2-3,6,9-10H,4-5,7-8H2,1H3,(H,14,19). The van der Waals surface area contributed by atoms with Crippen molar-refractivity contribution in [3.8, 4) is 10.7 Å². The highest BCUT2D eigenvalue weighted by Gasteiger charge is 2.23. The van der Waals surface area contributed by atoms with Crippen LogP contribution in [0.25, 0.3) is 10.7 Å². The molecule has 0 radical (unpaired) electrons. The number of hydrogen-bond acceptors (Lipinski definition) is 5. The van der Waals surface area contributed by atoms with Crippen LogP contribution < -0.4 is 5.32 Å². The molecule has 1 amide bonds. The molecule has 1 N–H and O–H groups in total. The van der Waals surface area contributed by atoms with Crippen molar-refractivity contribution >= 4 is 17.2 Å². The van der Waals surface area contributed by atoms with Crippen molar-refractivity contribution in [2.24, 2.45) is 5.92 Å². The SMILES string of the molecule is CC1CCC(NC(=O)Cn2nnc(-c3cccs3)n2)C1. The molecule has 20 heavy (non-hydrogen) atoms. The number of nitrogens with one attached hydrogen (secondary N) is 1. The zero-order valence-corrected chi connectivity index (χ0v) is 12.1. The van der Waals surface area contributed by atoms with Crippen LogP contribution in [-0.2, 0) is 11.3 Å². The number of amides is 1. The summed E-state index contributed by atoms with van der Waals surface area (Å²) in [6.45, 7) is 2.35. The van der Waals surface area contributed by atoms with Crippen LogP contribution in [0.4, 0.5) is 0 Å². The maximum absolute atomic E-state index is 11.9. The minimum absolute atomic E-state index is 0.0424. The molecule has 2 unspecified atom stereocenters. The number of aromatic nitrogens is 4. The lowest BCUT2D eigenvalue weighted by Gasteiger charge is -2.11. The van der Waals surface area contributed by atoms with Crippen molar-refractivity contribution < 1.29 is 4.79 Å². The number of rotatable bonds is 4. The summed E-state index contributed by atoms with van der Waals surface area (Å²) in [4.78, 5) is 14.2. The van der Waals surface area contributed by atoms with Crippen LogP contribution in [0, 0.1) is 5.92 Å². The maximum Gasteiger partial charge on any atom is 0.243 e. The highest BCUT2D eigenvalue weighted by molar-refractivity contribution is 7.13. The minimum Gasteiger partial charge on any atom is -0.352 e. The molecule has 3 rings (SSSR count). The van der Waals surface area contributed by atoms with Gasteiger partial charge in [-0.15, -0.1) is 21.5 Å². The van der Waals surface area contributed by atoms with Gasteiger partial charge in [0.1, 0.15) is 6.54 Å². The summed E-state index contributed by atoms with van der Waals surface area (Å²) >= 11 is 1.56. The number of thiophene rings is 1. The Morgan fingerprint density at radius 2 is 2.45 bits per heavy atom. The molecule has 106 valence electrons. The van der Waals surface area contributed by atoms with E-state index in [9.17, 15) is 4.79 Å². The van der Waals surface area contributed by atoms with E-state index in [0.717, 1.165) is 17.7 Å². The zero-order valence-electron chi connectivity index (χ0n) is 11.3. The first-order chi connectivity index (χ1) is 9.70. The molecule has 1 saturated carbocycles. The summed E-state index contributed by atoms with van der Waals surface area (Å²) < 4.78 is 0. The fourth-order valence-corrected chi connectivity index (χ4v) is 3.20. The molecule has 2 heterocycles. The summed E-state index contributed by atoms with van der Waals surface area (Å²) in [5.74, 6) is 1.23. The van der Waals surface area contributed by atoms with Gasteiger partial charge in [0.15, 0.2) is 0 Å². The van der Waals surface area contributed by atoms with Crippen LogP contribution in [0.15, 0.2) is 17.5 Å². The number of carbonyl (C=O) groups excluding carboxylic acids is 1. The molecule has 2 aromatic rings. The predicted molar refractivity (Wildman–Crippen MR) is 76.1 cm³/mol. The Kier molecular flexibility index (Phi) is 3.77. The Morgan fingerprint density at radius 1 is 1.55 bits per heavy atom. The van der Waals surface area contributed by atoms with Gasteiger partial charge in [-0.05, 0) is 41.8 Å². The number of tetrazole rings is 1. The second kappa shape index (κ2) is 5.70. The van der Waals surface area contributed by atoms with Crippen molar-refractivity contribution in [2.45, 2.75) is 38.8 Å². The van der Waals surface area contributed by atoms with Crippen LogP contribution in [0.2, 0.25) is 0 Å². The van der Waals surface area contributed by atoms with Gasteiger partial charge in [-0.3, -0.25) is 4.79 Å². The fraction of sp³-hybridized carbons (Fsp3) is 0.538. The molecule has 0 saturated heterocycles. The molecule has 0 bridgehead atoms. The molecular formula is C13H17N5OS. The first kappa shape index (κ1) is 13.2. The molecule has 1 aliphatic carbocycles. The van der Waals surface area contributed by atoms with Crippen molar-refractivity contribution in [1.82, 2.24) is 25.5 Å². The molecule has 0 aromatic carbocycles. The minimum atomic E-state index is -0.0424. The lowest BCUT2D eigenvalue weighted by atomic mass is 10.1. The summed E-state index contributed by atoms with van der Waals surface area (Å²) in [7, 11) is 0. The molecule has 6 nitrogen and oxygen atoms in total. The third kappa shape index (κ3) is 3.04. The molecule has 1 aliphatic rings. The van der Waals surface area contributed by atoms with Crippen molar-refractivity contribution in [2.75, 3.05) is 0 Å². The van der Waals surface area contributed by atoms with E-state index in [1.807, 2.05) is 17.5 Å². The van der Waals surface area contributed by atoms with E-state index in [-0.39, 0.29) is 12.5 Å². The summed E-state index contributed by atoms with van der Waals surface area (Å²) in [6, 6.07) is 4.18. The second-order valence-corrected chi connectivity index (χ2v) is 6.25. The van der Waals surface area contributed by atoms with Crippen molar-refractivity contribution in [1.29, 1.82) is 0 Å². The van der Waals surface area contributed by atoms with Gasteiger partial charge in [0.2, 0.25) is 11.7 Å². The summed E-state index contributed by atoms with van der Waals surface area (Å²) in [5, 5.41) is 17.1. The van der Waals surface area contributed by atoms with Crippen LogP contribution in [-0.4, -0.2) is 32.2 Å². The molecule has 0 spiro atoms. The average molecular weight is 291 g/mol. The van der Waals surface area contributed by atoms with Crippen LogP contribution in [0.3, 0.4) is 0 Å². The Morgan fingerprint density at radius 3 is 3.15 bits per heavy atom. The largest absolute Gasteiger partial charge is 0.352 e. The van der Waals surface area contributed by atoms with Gasteiger partial charge in [-0.25, -0.2) is 0 Å². The number of carbonyl (C=O) groups is 1. The van der Waals surface area contributed by atoms with Gasteiger partial charge in [0.05, 0.1) is 4.88 Å². The lowest BCUT2D eigenvalue weighted by Crippen LogP contribution is -2.35. The molecule has 7 heteroatoms. The topological polar surface area (TPSA) is 72.7 Å². The van der Waals surface area contributed by atoms with Gasteiger partial charge in [0, 0.05) is 6.04 Å². The first-order valence-corrected chi connectivity index (χ1v) is 7.69. The van der Waals surface area contributed by atoms with Gasteiger partial charge in [-0.2, -0.15) is 4.80 Å². The van der Waals surface area contributed by atoms with Gasteiger partial charge < -0.3 is 5.32 Å². The van der Waals surface area contributed by atoms with E-state index >= 15 is 0 Å². The molecule has 2 aromatic heterocycles. The van der Waals surface area contributed by atoms with E-state index in [2.05, 4.69) is 27.7 Å². The Hall–Kier alpha value is -1.76. The number of nitrogens with zero attached hydrogens (tertiary/aromatic N) is 4. The van der Waals surface area contributed by atoms with E-state index in [4.69, 9.17) is 0 Å².